The summed E-state index contributed by atoms with van der Waals surface area (Å²) in [4.78, 5) is 36.4. The summed E-state index contributed by atoms with van der Waals surface area (Å²) in [5.41, 5.74) is 0. The number of allylic oxidation sites excluding steroid dienone is 4. The van der Waals surface area contributed by atoms with Crippen LogP contribution in [0.5, 0.6) is 0 Å². The molecule has 48 heavy (non-hydrogen) atoms. The topological polar surface area (TPSA) is 78.9 Å². The van der Waals surface area contributed by atoms with Crippen molar-refractivity contribution in [1.82, 2.24) is 0 Å². The number of esters is 3. The van der Waals surface area contributed by atoms with Crippen LogP contribution in [0.4, 0.5) is 0 Å². The monoisotopic (exact) mass is 677 g/mol. The van der Waals surface area contributed by atoms with Crippen LogP contribution in [0.1, 0.15) is 207 Å². The normalized spacial score (nSPS) is 12.1. The van der Waals surface area contributed by atoms with Crippen LogP contribution < -0.4 is 0 Å². The standard InChI is InChI=1S/C42H76O6/c1-4-7-9-11-13-15-17-19-21-23-25-27-29-31-33-35-41(44)47-38-39(37-46-40(43)6-3)48-42(45)36-34-32-30-28-26-24-22-20-18-16-14-12-10-8-5-2/h19-22,39H,4-18,23-38H2,1-3H3/t39-/m1/s1. The molecule has 280 valence electrons. The van der Waals surface area contributed by atoms with Gasteiger partial charge in [0.2, 0.25) is 0 Å². The van der Waals surface area contributed by atoms with E-state index in [1.54, 1.807) is 6.92 Å². The molecule has 6 nitrogen and oxygen atoms in total. The maximum absolute atomic E-state index is 12.5. The molecule has 0 amide bonds. The summed E-state index contributed by atoms with van der Waals surface area (Å²) in [6, 6.07) is 0. The minimum Gasteiger partial charge on any atom is -0.462 e. The van der Waals surface area contributed by atoms with E-state index in [2.05, 4.69) is 38.2 Å². The molecule has 0 aliphatic rings. The molecule has 0 aliphatic carbocycles. The van der Waals surface area contributed by atoms with Gasteiger partial charge < -0.3 is 14.2 Å². The van der Waals surface area contributed by atoms with Crippen molar-refractivity contribution in [2.24, 2.45) is 0 Å². The highest BCUT2D eigenvalue weighted by molar-refractivity contribution is 5.71. The predicted octanol–water partition coefficient (Wildman–Crippen LogP) is 12.5. The highest BCUT2D eigenvalue weighted by Gasteiger charge is 2.19. The van der Waals surface area contributed by atoms with Crippen molar-refractivity contribution < 1.29 is 28.6 Å². The van der Waals surface area contributed by atoms with Gasteiger partial charge in [0, 0.05) is 19.3 Å². The van der Waals surface area contributed by atoms with Crippen LogP contribution in [0.2, 0.25) is 0 Å². The zero-order chi connectivity index (χ0) is 35.2. The lowest BCUT2D eigenvalue weighted by Gasteiger charge is -2.18. The number of unbranched alkanes of at least 4 members (excludes halogenated alkanes) is 22. The average Bonchev–Trinajstić information content (AvgIpc) is 3.09. The van der Waals surface area contributed by atoms with Gasteiger partial charge in [0.05, 0.1) is 0 Å². The van der Waals surface area contributed by atoms with Gasteiger partial charge in [-0.1, -0.05) is 148 Å². The molecule has 0 fully saturated rings. The molecule has 1 atom stereocenters. The van der Waals surface area contributed by atoms with Crippen molar-refractivity contribution in [3.63, 3.8) is 0 Å². The van der Waals surface area contributed by atoms with E-state index in [0.29, 0.717) is 12.8 Å². The molecule has 0 aromatic carbocycles. The molecule has 0 aliphatic heterocycles. The van der Waals surface area contributed by atoms with Crippen LogP contribution >= 0.6 is 0 Å². The first-order valence-corrected chi connectivity index (χ1v) is 20.3. The van der Waals surface area contributed by atoms with Gasteiger partial charge in [-0.25, -0.2) is 0 Å². The Morgan fingerprint density at radius 2 is 0.750 bits per heavy atom. The third kappa shape index (κ3) is 35.2. The van der Waals surface area contributed by atoms with E-state index in [1.165, 1.54) is 116 Å². The second kappa shape index (κ2) is 37.7. The highest BCUT2D eigenvalue weighted by atomic mass is 16.6. The zero-order valence-corrected chi connectivity index (χ0v) is 31.8. The Bertz CT molecular complexity index is 789. The summed E-state index contributed by atoms with van der Waals surface area (Å²) in [6.45, 7) is 6.05. The Labute approximate surface area is 296 Å². The lowest BCUT2D eigenvalue weighted by molar-refractivity contribution is -0.166. The summed E-state index contributed by atoms with van der Waals surface area (Å²) in [5, 5.41) is 0. The van der Waals surface area contributed by atoms with E-state index in [1.807, 2.05) is 0 Å². The minimum absolute atomic E-state index is 0.0843. The Morgan fingerprint density at radius 1 is 0.417 bits per heavy atom. The van der Waals surface area contributed by atoms with Gasteiger partial charge in [0.25, 0.3) is 0 Å². The van der Waals surface area contributed by atoms with Crippen LogP contribution in [0.15, 0.2) is 24.3 Å². The molecular formula is C42H76O6. The van der Waals surface area contributed by atoms with Gasteiger partial charge in [0.15, 0.2) is 6.10 Å². The maximum Gasteiger partial charge on any atom is 0.306 e. The molecule has 0 rings (SSSR count). The van der Waals surface area contributed by atoms with Gasteiger partial charge in [-0.05, 0) is 64.2 Å². The molecule has 0 N–H and O–H groups in total. The third-order valence-electron chi connectivity index (χ3n) is 8.73. The SMILES string of the molecule is CCCCCCCCC=CCCCCCCCC(=O)OC[C@@H](COC(=O)CC)OC(=O)CCCCCCCC=CCCCCCCCC. The number of rotatable bonds is 36. The minimum atomic E-state index is -0.769. The lowest BCUT2D eigenvalue weighted by Crippen LogP contribution is -2.30. The molecule has 0 saturated carbocycles. The molecule has 6 heteroatoms. The first-order valence-electron chi connectivity index (χ1n) is 20.3. The van der Waals surface area contributed by atoms with E-state index >= 15 is 0 Å². The molecular weight excluding hydrogens is 600 g/mol. The highest BCUT2D eigenvalue weighted by Crippen LogP contribution is 2.13. The fourth-order valence-electron chi connectivity index (χ4n) is 5.59. The van der Waals surface area contributed by atoms with E-state index in [-0.39, 0.29) is 37.5 Å². The quantitative estimate of drug-likeness (QED) is 0.0284. The van der Waals surface area contributed by atoms with Crippen molar-refractivity contribution in [3.8, 4) is 0 Å². The molecule has 0 spiro atoms. The number of ether oxygens (including phenoxy) is 3. The second-order valence-electron chi connectivity index (χ2n) is 13.5. The van der Waals surface area contributed by atoms with Gasteiger partial charge in [0.1, 0.15) is 13.2 Å². The molecule has 0 radical (unpaired) electrons. The zero-order valence-electron chi connectivity index (χ0n) is 31.8. The van der Waals surface area contributed by atoms with E-state index in [4.69, 9.17) is 14.2 Å². The lowest BCUT2D eigenvalue weighted by atomic mass is 10.1. The van der Waals surface area contributed by atoms with Gasteiger partial charge in [-0.2, -0.15) is 0 Å². The fourth-order valence-corrected chi connectivity index (χ4v) is 5.59. The molecule has 0 bridgehead atoms. The largest absolute Gasteiger partial charge is 0.462 e. The van der Waals surface area contributed by atoms with E-state index in [9.17, 15) is 14.4 Å². The maximum atomic E-state index is 12.5. The van der Waals surface area contributed by atoms with Gasteiger partial charge >= 0.3 is 17.9 Å². The summed E-state index contributed by atoms with van der Waals surface area (Å²) in [5.74, 6) is -1.00. The molecule has 0 heterocycles. The Hall–Kier alpha value is -2.11. The Morgan fingerprint density at radius 3 is 1.15 bits per heavy atom. The van der Waals surface area contributed by atoms with Gasteiger partial charge in [-0.15, -0.1) is 0 Å². The molecule has 0 saturated heterocycles. The summed E-state index contributed by atoms with van der Waals surface area (Å²) in [6.07, 6.45) is 40.7. The molecule has 0 aromatic heterocycles. The van der Waals surface area contributed by atoms with Gasteiger partial charge in [-0.3, -0.25) is 14.4 Å². The van der Waals surface area contributed by atoms with E-state index < -0.39 is 6.10 Å². The first-order chi connectivity index (χ1) is 23.5. The Balaban J connectivity index is 3.95. The predicted molar refractivity (Wildman–Crippen MR) is 201 cm³/mol. The number of hydrogen-bond donors (Lipinski definition) is 0. The van der Waals surface area contributed by atoms with Crippen molar-refractivity contribution in [1.29, 1.82) is 0 Å². The smallest absolute Gasteiger partial charge is 0.306 e. The second-order valence-corrected chi connectivity index (χ2v) is 13.5. The molecule has 0 aromatic rings. The molecule has 0 unspecified atom stereocenters. The van der Waals surface area contributed by atoms with Crippen LogP contribution in [0.3, 0.4) is 0 Å². The summed E-state index contributed by atoms with van der Waals surface area (Å²) < 4.78 is 16.1. The van der Waals surface area contributed by atoms with Crippen molar-refractivity contribution in [2.45, 2.75) is 213 Å². The number of carbonyl (C=O) groups excluding carboxylic acids is 3. The number of hydrogen-bond acceptors (Lipinski definition) is 6. The van der Waals surface area contributed by atoms with Crippen molar-refractivity contribution in [2.75, 3.05) is 13.2 Å². The van der Waals surface area contributed by atoms with Crippen molar-refractivity contribution in [3.05, 3.63) is 24.3 Å². The first kappa shape index (κ1) is 45.9. The van der Waals surface area contributed by atoms with Crippen LogP contribution in [-0.4, -0.2) is 37.2 Å². The van der Waals surface area contributed by atoms with Crippen molar-refractivity contribution >= 4 is 17.9 Å². The summed E-state index contributed by atoms with van der Waals surface area (Å²) >= 11 is 0. The third-order valence-corrected chi connectivity index (χ3v) is 8.73. The van der Waals surface area contributed by atoms with Crippen LogP contribution in [-0.2, 0) is 28.6 Å². The fraction of sp³-hybridized carbons (Fsp3) is 0.833. The van der Waals surface area contributed by atoms with E-state index in [0.717, 1.165) is 51.4 Å². The average molecular weight is 677 g/mol. The number of carbonyl (C=O) groups is 3. The Kier molecular flexibility index (Phi) is 36.0. The van der Waals surface area contributed by atoms with Crippen LogP contribution in [0, 0.1) is 0 Å². The van der Waals surface area contributed by atoms with Crippen LogP contribution in [0.25, 0.3) is 0 Å². The summed E-state index contributed by atoms with van der Waals surface area (Å²) in [7, 11) is 0.